The predicted octanol–water partition coefficient (Wildman–Crippen LogP) is 2.29. The molecule has 2 N–H and O–H groups in total. The molecule has 1 aliphatic rings. The van der Waals surface area contributed by atoms with Gasteiger partial charge < -0.3 is 19.9 Å². The van der Waals surface area contributed by atoms with Gasteiger partial charge in [-0.2, -0.15) is 0 Å². The summed E-state index contributed by atoms with van der Waals surface area (Å²) in [5.74, 6) is -0.110. The molecule has 1 saturated heterocycles. The van der Waals surface area contributed by atoms with Crippen LogP contribution in [0.15, 0.2) is 12.1 Å². The van der Waals surface area contributed by atoms with Crippen LogP contribution in [0.2, 0.25) is 15.1 Å². The molecule has 1 aliphatic heterocycles. The lowest BCUT2D eigenvalue weighted by molar-refractivity contribution is -0.124. The van der Waals surface area contributed by atoms with Crippen LogP contribution >= 0.6 is 34.8 Å². The van der Waals surface area contributed by atoms with E-state index < -0.39 is 5.60 Å². The van der Waals surface area contributed by atoms with E-state index in [0.717, 1.165) is 0 Å². The van der Waals surface area contributed by atoms with Crippen molar-refractivity contribution in [2.75, 3.05) is 26.4 Å². The minimum absolute atomic E-state index is 0.115. The topological polar surface area (TPSA) is 67.8 Å². The zero-order valence-corrected chi connectivity index (χ0v) is 13.3. The van der Waals surface area contributed by atoms with Crippen LogP contribution in [0, 0.1) is 0 Å². The van der Waals surface area contributed by atoms with Gasteiger partial charge in [-0.25, -0.2) is 0 Å². The van der Waals surface area contributed by atoms with E-state index in [9.17, 15) is 9.90 Å². The Morgan fingerprint density at radius 1 is 1.33 bits per heavy atom. The first-order chi connectivity index (χ1) is 9.89. The highest BCUT2D eigenvalue weighted by molar-refractivity contribution is 6.43. The fourth-order valence-electron chi connectivity index (χ4n) is 1.81. The Balaban J connectivity index is 1.82. The molecule has 1 aromatic rings. The summed E-state index contributed by atoms with van der Waals surface area (Å²) in [6.45, 7) is 0.577. The second-order valence-electron chi connectivity index (χ2n) is 4.79. The van der Waals surface area contributed by atoms with E-state index in [0.29, 0.717) is 18.1 Å². The average Bonchev–Trinajstić information content (AvgIpc) is 2.86. The molecule has 0 radical (unpaired) electrons. The Morgan fingerprint density at radius 2 is 2.05 bits per heavy atom. The van der Waals surface area contributed by atoms with Gasteiger partial charge in [0.25, 0.3) is 5.91 Å². The molecule has 21 heavy (non-hydrogen) atoms. The summed E-state index contributed by atoms with van der Waals surface area (Å²) >= 11 is 17.6. The highest BCUT2D eigenvalue weighted by Gasteiger charge is 2.32. The number of rotatable bonds is 5. The molecule has 1 heterocycles. The Hall–Kier alpha value is -0.720. The van der Waals surface area contributed by atoms with E-state index in [4.69, 9.17) is 44.3 Å². The summed E-state index contributed by atoms with van der Waals surface area (Å²) in [5, 5.41) is 13.4. The molecule has 116 valence electrons. The first kappa shape index (κ1) is 16.6. The highest BCUT2D eigenvalue weighted by Crippen LogP contribution is 2.33. The van der Waals surface area contributed by atoms with Gasteiger partial charge in [-0.3, -0.25) is 4.79 Å². The van der Waals surface area contributed by atoms with Crippen molar-refractivity contribution < 1.29 is 19.4 Å². The number of benzene rings is 1. The molecule has 0 bridgehead atoms. The molecule has 0 saturated carbocycles. The zero-order valence-electron chi connectivity index (χ0n) is 11.0. The second-order valence-corrected chi connectivity index (χ2v) is 6.01. The number of amides is 1. The van der Waals surface area contributed by atoms with Crippen LogP contribution in [0.4, 0.5) is 0 Å². The third kappa shape index (κ3) is 4.63. The van der Waals surface area contributed by atoms with Crippen molar-refractivity contribution in [1.82, 2.24) is 5.32 Å². The van der Waals surface area contributed by atoms with Crippen molar-refractivity contribution in [2.24, 2.45) is 0 Å². The quantitative estimate of drug-likeness (QED) is 0.796. The van der Waals surface area contributed by atoms with Crippen molar-refractivity contribution in [3.8, 4) is 5.75 Å². The van der Waals surface area contributed by atoms with Crippen LogP contribution in [-0.4, -0.2) is 43.0 Å². The summed E-state index contributed by atoms with van der Waals surface area (Å²) < 4.78 is 10.4. The van der Waals surface area contributed by atoms with Gasteiger partial charge in [-0.1, -0.05) is 34.8 Å². The normalized spacial score (nSPS) is 21.3. The van der Waals surface area contributed by atoms with Crippen LogP contribution < -0.4 is 10.1 Å². The fourth-order valence-corrected chi connectivity index (χ4v) is 2.40. The molecule has 1 fully saturated rings. The molecule has 1 aromatic carbocycles. The van der Waals surface area contributed by atoms with Crippen LogP contribution in [0.1, 0.15) is 6.42 Å². The SMILES string of the molecule is O=C(COc1cc(Cl)c(Cl)cc1Cl)NCC1(O)CCOC1. The Labute approximate surface area is 137 Å². The smallest absolute Gasteiger partial charge is 0.258 e. The molecular formula is C13H14Cl3NO4. The highest BCUT2D eigenvalue weighted by atomic mass is 35.5. The van der Waals surface area contributed by atoms with Crippen LogP contribution in [-0.2, 0) is 9.53 Å². The fraction of sp³-hybridized carbons (Fsp3) is 0.462. The van der Waals surface area contributed by atoms with E-state index in [2.05, 4.69) is 5.32 Å². The third-order valence-electron chi connectivity index (χ3n) is 3.03. The summed E-state index contributed by atoms with van der Waals surface area (Å²) in [7, 11) is 0. The van der Waals surface area contributed by atoms with Crippen LogP contribution in [0.25, 0.3) is 0 Å². The second kappa shape index (κ2) is 7.03. The molecular weight excluding hydrogens is 341 g/mol. The number of carbonyl (C=O) groups excluding carboxylic acids is 1. The minimum atomic E-state index is -1.00. The van der Waals surface area contributed by atoms with Crippen molar-refractivity contribution >= 4 is 40.7 Å². The lowest BCUT2D eigenvalue weighted by atomic mass is 10.0. The van der Waals surface area contributed by atoms with Gasteiger partial charge in [0.15, 0.2) is 6.61 Å². The van der Waals surface area contributed by atoms with Gasteiger partial charge in [-0.05, 0) is 6.07 Å². The molecule has 0 aliphatic carbocycles. The molecule has 2 rings (SSSR count). The van der Waals surface area contributed by atoms with E-state index in [1.54, 1.807) is 0 Å². The summed E-state index contributed by atoms with van der Waals surface area (Å²) in [4.78, 5) is 11.7. The van der Waals surface area contributed by atoms with Crippen molar-refractivity contribution in [1.29, 1.82) is 0 Å². The Kier molecular flexibility index (Phi) is 5.57. The minimum Gasteiger partial charge on any atom is -0.482 e. The first-order valence-corrected chi connectivity index (χ1v) is 7.37. The number of hydrogen-bond acceptors (Lipinski definition) is 4. The Bertz CT molecular complexity index is 532. The summed E-state index contributed by atoms with van der Waals surface area (Å²) in [6, 6.07) is 2.88. The average molecular weight is 355 g/mol. The van der Waals surface area contributed by atoms with E-state index in [1.165, 1.54) is 12.1 Å². The van der Waals surface area contributed by atoms with Gasteiger partial charge in [0.1, 0.15) is 11.4 Å². The number of aliphatic hydroxyl groups is 1. The predicted molar refractivity (Wildman–Crippen MR) is 80.4 cm³/mol. The van der Waals surface area contributed by atoms with Gasteiger partial charge in [0.05, 0.1) is 21.7 Å². The molecule has 5 nitrogen and oxygen atoms in total. The first-order valence-electron chi connectivity index (χ1n) is 6.24. The van der Waals surface area contributed by atoms with Gasteiger partial charge in [0.2, 0.25) is 0 Å². The van der Waals surface area contributed by atoms with Crippen molar-refractivity contribution in [2.45, 2.75) is 12.0 Å². The van der Waals surface area contributed by atoms with Crippen molar-refractivity contribution in [3.63, 3.8) is 0 Å². The van der Waals surface area contributed by atoms with E-state index in [1.807, 2.05) is 0 Å². The van der Waals surface area contributed by atoms with E-state index >= 15 is 0 Å². The van der Waals surface area contributed by atoms with Crippen LogP contribution in [0.3, 0.4) is 0 Å². The monoisotopic (exact) mass is 353 g/mol. The maximum atomic E-state index is 11.7. The van der Waals surface area contributed by atoms with Gasteiger partial charge in [0, 0.05) is 25.6 Å². The van der Waals surface area contributed by atoms with Gasteiger partial charge in [-0.15, -0.1) is 0 Å². The summed E-state index contributed by atoms with van der Waals surface area (Å²) in [6.07, 6.45) is 0.493. The zero-order chi connectivity index (χ0) is 15.5. The third-order valence-corrected chi connectivity index (χ3v) is 4.05. The lowest BCUT2D eigenvalue weighted by Gasteiger charge is -2.20. The van der Waals surface area contributed by atoms with Crippen LogP contribution in [0.5, 0.6) is 5.75 Å². The summed E-state index contributed by atoms with van der Waals surface area (Å²) in [5.41, 5.74) is -1.00. The number of ether oxygens (including phenoxy) is 2. The molecule has 1 atom stereocenters. The maximum absolute atomic E-state index is 11.7. The molecule has 0 spiro atoms. The van der Waals surface area contributed by atoms with Crippen molar-refractivity contribution in [3.05, 3.63) is 27.2 Å². The number of halogens is 3. The lowest BCUT2D eigenvalue weighted by Crippen LogP contribution is -2.44. The molecule has 8 heteroatoms. The van der Waals surface area contributed by atoms with E-state index in [-0.39, 0.29) is 41.5 Å². The number of hydrogen-bond donors (Lipinski definition) is 2. The standard InChI is InChI=1S/C13H14Cl3NO4/c14-8-3-10(16)11(4-9(8)15)21-5-12(18)17-6-13(19)1-2-20-7-13/h3-4,19H,1-2,5-7H2,(H,17,18). The number of carbonyl (C=O) groups is 1. The maximum Gasteiger partial charge on any atom is 0.258 e. The molecule has 1 amide bonds. The molecule has 0 aromatic heterocycles. The van der Waals surface area contributed by atoms with Gasteiger partial charge >= 0.3 is 0 Å². The Morgan fingerprint density at radius 3 is 2.71 bits per heavy atom. The number of nitrogens with one attached hydrogen (secondary N) is 1. The molecule has 1 unspecified atom stereocenters. The largest absolute Gasteiger partial charge is 0.482 e.